The third-order valence-corrected chi connectivity index (χ3v) is 2.16. The van der Waals surface area contributed by atoms with Crippen molar-refractivity contribution < 1.29 is 4.74 Å². The lowest BCUT2D eigenvalue weighted by Gasteiger charge is -2.11. The number of thioether (sulfide) groups is 1. The lowest BCUT2D eigenvalue weighted by molar-refractivity contribution is 0.230. The van der Waals surface area contributed by atoms with Gasteiger partial charge < -0.3 is 4.74 Å². The highest BCUT2D eigenvalue weighted by molar-refractivity contribution is 8.03. The minimum absolute atomic E-state index is 0.190. The van der Waals surface area contributed by atoms with Gasteiger partial charge in [0, 0.05) is 5.57 Å². The summed E-state index contributed by atoms with van der Waals surface area (Å²) in [6, 6.07) is 0. The summed E-state index contributed by atoms with van der Waals surface area (Å²) in [7, 11) is 0. The second-order valence-electron chi connectivity index (χ2n) is 1.84. The minimum Gasteiger partial charge on any atom is -0.471 e. The third-order valence-electron chi connectivity index (χ3n) is 1.25. The molecule has 2 heteroatoms. The molecule has 0 amide bonds. The highest BCUT2D eigenvalue weighted by atomic mass is 32.2. The average molecular weight is 137 g/mol. The zero-order chi connectivity index (χ0) is 6.10. The maximum absolute atomic E-state index is 5.13. The third kappa shape index (κ3) is 0.793. The van der Waals surface area contributed by atoms with Gasteiger partial charge in [-0.1, -0.05) is 17.8 Å². The second-order valence-corrected chi connectivity index (χ2v) is 2.81. The van der Waals surface area contributed by atoms with Crippen molar-refractivity contribution in [2.75, 3.05) is 0 Å². The van der Waals surface area contributed by atoms with Crippen molar-refractivity contribution in [1.29, 1.82) is 0 Å². The molecule has 1 nitrogen and oxygen atoms in total. The molecule has 0 aromatic carbocycles. The molecule has 0 bridgehead atoms. The van der Waals surface area contributed by atoms with Crippen LogP contribution in [0.15, 0.2) is 29.2 Å². The highest BCUT2D eigenvalue weighted by Gasteiger charge is 2.18. The summed E-state index contributed by atoms with van der Waals surface area (Å²) in [4.78, 5) is 0. The van der Waals surface area contributed by atoms with Gasteiger partial charge in [-0.05, 0) is 17.6 Å². The van der Waals surface area contributed by atoms with E-state index in [0.29, 0.717) is 0 Å². The molecule has 2 rings (SSSR count). The number of ether oxygens (including phenoxy) is 1. The molecule has 0 N–H and O–H groups in total. The lowest BCUT2D eigenvalue weighted by atomic mass is 10.2. The normalized spacial score (nSPS) is 29.3. The van der Waals surface area contributed by atoms with Gasteiger partial charge >= 0.3 is 0 Å². The fourth-order valence-electron chi connectivity index (χ4n) is 0.808. The molecule has 1 atom stereocenters. The van der Waals surface area contributed by atoms with E-state index in [0.717, 1.165) is 0 Å². The Hall–Kier alpha value is -0.630. The van der Waals surface area contributed by atoms with Crippen LogP contribution in [-0.2, 0) is 4.74 Å². The first-order valence-electron chi connectivity index (χ1n) is 2.73. The van der Waals surface area contributed by atoms with Crippen LogP contribution in [0, 0.1) is 6.26 Å². The Bertz CT molecular complexity index is 203. The van der Waals surface area contributed by atoms with Gasteiger partial charge in [0.2, 0.25) is 0 Å². The van der Waals surface area contributed by atoms with E-state index in [4.69, 9.17) is 4.74 Å². The summed E-state index contributed by atoms with van der Waals surface area (Å²) in [6.07, 6.45) is 8.57. The highest BCUT2D eigenvalue weighted by Crippen LogP contribution is 2.31. The number of fused-ring (bicyclic) bond motifs is 1. The Morgan fingerprint density at radius 3 is 3.56 bits per heavy atom. The lowest BCUT2D eigenvalue weighted by Crippen LogP contribution is -2.04. The fourth-order valence-corrected chi connectivity index (χ4v) is 1.61. The first kappa shape index (κ1) is 5.18. The molecule has 0 aromatic heterocycles. The van der Waals surface area contributed by atoms with Gasteiger partial charge in [-0.3, -0.25) is 0 Å². The maximum Gasteiger partial charge on any atom is 0.173 e. The van der Waals surface area contributed by atoms with E-state index in [9.17, 15) is 0 Å². The Balaban J connectivity index is 2.31. The Morgan fingerprint density at radius 1 is 1.67 bits per heavy atom. The molecule has 0 spiro atoms. The van der Waals surface area contributed by atoms with Crippen LogP contribution in [0.4, 0.5) is 0 Å². The van der Waals surface area contributed by atoms with E-state index in [-0.39, 0.29) is 5.44 Å². The predicted molar refractivity (Wildman–Crippen MR) is 37.5 cm³/mol. The van der Waals surface area contributed by atoms with E-state index >= 15 is 0 Å². The van der Waals surface area contributed by atoms with Crippen molar-refractivity contribution in [2.24, 2.45) is 0 Å². The van der Waals surface area contributed by atoms with Crippen LogP contribution in [-0.4, -0.2) is 5.44 Å². The van der Waals surface area contributed by atoms with Crippen molar-refractivity contribution in [3.8, 4) is 0 Å². The molecule has 0 aromatic rings. The van der Waals surface area contributed by atoms with Crippen molar-refractivity contribution >= 4 is 11.8 Å². The van der Waals surface area contributed by atoms with Gasteiger partial charge in [0.1, 0.15) is 0 Å². The molecule has 0 saturated heterocycles. The van der Waals surface area contributed by atoms with E-state index in [1.807, 2.05) is 11.5 Å². The molecule has 0 saturated carbocycles. The molecule has 1 unspecified atom stereocenters. The second kappa shape index (κ2) is 1.95. The number of hydrogen-bond donors (Lipinski definition) is 0. The fraction of sp³-hybridized carbons (Fsp3) is 0.143. The van der Waals surface area contributed by atoms with Gasteiger partial charge in [0.25, 0.3) is 0 Å². The van der Waals surface area contributed by atoms with E-state index < -0.39 is 0 Å². The minimum atomic E-state index is 0.190. The maximum atomic E-state index is 5.13. The van der Waals surface area contributed by atoms with Crippen LogP contribution < -0.4 is 0 Å². The molecule has 2 aliphatic heterocycles. The molecule has 0 fully saturated rings. The number of allylic oxidation sites excluding steroid dienone is 2. The Labute approximate surface area is 58.1 Å². The molecule has 0 aliphatic carbocycles. The molecular weight excluding hydrogens is 132 g/mol. The molecule has 1 radical (unpaired) electrons. The van der Waals surface area contributed by atoms with Crippen molar-refractivity contribution in [2.45, 2.75) is 5.44 Å². The van der Waals surface area contributed by atoms with E-state index in [1.54, 1.807) is 17.8 Å². The largest absolute Gasteiger partial charge is 0.471 e. The topological polar surface area (TPSA) is 9.23 Å². The van der Waals surface area contributed by atoms with E-state index in [1.165, 1.54) is 5.57 Å². The summed E-state index contributed by atoms with van der Waals surface area (Å²) < 4.78 is 5.13. The van der Waals surface area contributed by atoms with Crippen LogP contribution in [0.2, 0.25) is 0 Å². The zero-order valence-corrected chi connectivity index (χ0v) is 5.52. The van der Waals surface area contributed by atoms with Crippen molar-refractivity contribution in [1.82, 2.24) is 0 Å². The molecular formula is C7H5OS. The summed E-state index contributed by atoms with van der Waals surface area (Å²) in [5.41, 5.74) is 1.42. The van der Waals surface area contributed by atoms with Crippen LogP contribution in [0.25, 0.3) is 0 Å². The Kier molecular flexibility index (Phi) is 1.12. The summed E-state index contributed by atoms with van der Waals surface area (Å²) in [6.45, 7) is 0. The average Bonchev–Trinajstić information content (AvgIpc) is 2.33. The summed E-state index contributed by atoms with van der Waals surface area (Å²) in [5, 5.41) is 2.04. The Morgan fingerprint density at radius 2 is 2.67 bits per heavy atom. The van der Waals surface area contributed by atoms with Crippen molar-refractivity contribution in [3.63, 3.8) is 0 Å². The zero-order valence-electron chi connectivity index (χ0n) is 4.70. The van der Waals surface area contributed by atoms with Gasteiger partial charge in [-0.15, -0.1) is 0 Å². The van der Waals surface area contributed by atoms with Crippen LogP contribution in [0.5, 0.6) is 0 Å². The molecule has 9 heavy (non-hydrogen) atoms. The number of rotatable bonds is 0. The smallest absolute Gasteiger partial charge is 0.173 e. The SMILES string of the molecule is [C]1=CC=C2C=CSC2O1. The van der Waals surface area contributed by atoms with Crippen LogP contribution in [0.3, 0.4) is 0 Å². The summed E-state index contributed by atoms with van der Waals surface area (Å²) >= 11 is 1.67. The first-order chi connectivity index (χ1) is 4.47. The van der Waals surface area contributed by atoms with Crippen molar-refractivity contribution in [3.05, 3.63) is 35.5 Å². The molecule has 45 valence electrons. The van der Waals surface area contributed by atoms with E-state index in [2.05, 4.69) is 12.3 Å². The monoisotopic (exact) mass is 137 g/mol. The number of hydrogen-bond acceptors (Lipinski definition) is 2. The quantitative estimate of drug-likeness (QED) is 0.504. The van der Waals surface area contributed by atoms with Gasteiger partial charge in [-0.25, -0.2) is 0 Å². The molecule has 2 aliphatic rings. The van der Waals surface area contributed by atoms with Gasteiger partial charge in [0.15, 0.2) is 11.7 Å². The summed E-state index contributed by atoms with van der Waals surface area (Å²) in [5.74, 6) is 0. The standard InChI is InChI=1S/C7H5OS/c1-2-6-3-5-9-7(6)8-4-1/h1-3,5,7H. The predicted octanol–water partition coefficient (Wildman–Crippen LogP) is 1.85. The molecule has 2 heterocycles. The van der Waals surface area contributed by atoms with Gasteiger partial charge in [-0.2, -0.15) is 0 Å². The van der Waals surface area contributed by atoms with Gasteiger partial charge in [0.05, 0.1) is 0 Å². The first-order valence-corrected chi connectivity index (χ1v) is 3.68. The van der Waals surface area contributed by atoms with Crippen LogP contribution in [0.1, 0.15) is 0 Å². The van der Waals surface area contributed by atoms with Crippen LogP contribution >= 0.6 is 11.8 Å².